The van der Waals surface area contributed by atoms with E-state index in [1.165, 1.54) is 0 Å². The molecule has 0 saturated heterocycles. The first kappa shape index (κ1) is 14.7. The van der Waals surface area contributed by atoms with Gasteiger partial charge in [0.1, 0.15) is 5.75 Å². The van der Waals surface area contributed by atoms with Crippen LogP contribution in [-0.4, -0.2) is 13.1 Å². The second kappa shape index (κ2) is 6.65. The van der Waals surface area contributed by atoms with Gasteiger partial charge in [0, 0.05) is 11.4 Å². The third kappa shape index (κ3) is 4.14. The molecule has 2 aromatic carbocycles. The van der Waals surface area contributed by atoms with Gasteiger partial charge < -0.3 is 21.1 Å². The number of urea groups is 1. The lowest BCUT2D eigenvalue weighted by atomic mass is 10.1. The standard InChI is InChI=1S/C16H19N3O2/c1-11(12-3-5-13(17)6-4-12)18-16(20)19-14-7-9-15(21-2)10-8-14/h3-11H,17H2,1-2H3,(H2,18,19,20). The van der Waals surface area contributed by atoms with Crippen molar-refractivity contribution >= 4 is 17.4 Å². The van der Waals surface area contributed by atoms with Crippen LogP contribution in [0.5, 0.6) is 5.75 Å². The monoisotopic (exact) mass is 285 g/mol. The van der Waals surface area contributed by atoms with E-state index in [1.54, 1.807) is 31.4 Å². The second-order valence-corrected chi connectivity index (χ2v) is 4.72. The number of rotatable bonds is 4. The molecule has 0 saturated carbocycles. The molecule has 0 fully saturated rings. The molecule has 0 spiro atoms. The lowest BCUT2D eigenvalue weighted by Gasteiger charge is -2.15. The van der Waals surface area contributed by atoms with Gasteiger partial charge in [-0.2, -0.15) is 0 Å². The zero-order chi connectivity index (χ0) is 15.2. The van der Waals surface area contributed by atoms with Crippen LogP contribution in [0.3, 0.4) is 0 Å². The molecule has 0 bridgehead atoms. The fourth-order valence-electron chi connectivity index (χ4n) is 1.91. The average Bonchev–Trinajstić information content (AvgIpc) is 2.48. The summed E-state index contributed by atoms with van der Waals surface area (Å²) < 4.78 is 5.07. The van der Waals surface area contributed by atoms with Gasteiger partial charge in [0.2, 0.25) is 0 Å². The van der Waals surface area contributed by atoms with Crippen molar-refractivity contribution in [3.8, 4) is 5.75 Å². The van der Waals surface area contributed by atoms with E-state index in [1.807, 2.05) is 31.2 Å². The zero-order valence-electron chi connectivity index (χ0n) is 12.1. The Balaban J connectivity index is 1.92. The van der Waals surface area contributed by atoms with Gasteiger partial charge in [-0.05, 0) is 48.9 Å². The predicted octanol–water partition coefficient (Wildman–Crippen LogP) is 3.16. The first-order valence-corrected chi connectivity index (χ1v) is 6.65. The van der Waals surface area contributed by atoms with Crippen molar-refractivity contribution < 1.29 is 9.53 Å². The van der Waals surface area contributed by atoms with E-state index in [9.17, 15) is 4.79 Å². The van der Waals surface area contributed by atoms with Crippen LogP contribution in [-0.2, 0) is 0 Å². The number of benzene rings is 2. The Labute approximate surface area is 124 Å². The number of anilines is 2. The van der Waals surface area contributed by atoms with Gasteiger partial charge in [0.25, 0.3) is 0 Å². The van der Waals surface area contributed by atoms with Gasteiger partial charge in [-0.15, -0.1) is 0 Å². The first-order chi connectivity index (χ1) is 10.1. The minimum atomic E-state index is -0.260. The van der Waals surface area contributed by atoms with Crippen molar-refractivity contribution in [2.45, 2.75) is 13.0 Å². The highest BCUT2D eigenvalue weighted by Crippen LogP contribution is 2.16. The molecule has 1 atom stereocenters. The molecule has 4 N–H and O–H groups in total. The average molecular weight is 285 g/mol. The van der Waals surface area contributed by atoms with Crippen molar-refractivity contribution in [1.29, 1.82) is 0 Å². The fourth-order valence-corrected chi connectivity index (χ4v) is 1.91. The third-order valence-electron chi connectivity index (χ3n) is 3.13. The summed E-state index contributed by atoms with van der Waals surface area (Å²) in [4.78, 5) is 11.9. The van der Waals surface area contributed by atoms with Crippen LogP contribution in [0.2, 0.25) is 0 Å². The molecular formula is C16H19N3O2. The molecule has 110 valence electrons. The number of nitrogens with two attached hydrogens (primary N) is 1. The van der Waals surface area contributed by atoms with Crippen molar-refractivity contribution in [2.24, 2.45) is 0 Å². The molecular weight excluding hydrogens is 266 g/mol. The molecule has 0 heterocycles. The number of nitrogen functional groups attached to an aromatic ring is 1. The van der Waals surface area contributed by atoms with Gasteiger partial charge in [-0.25, -0.2) is 4.79 Å². The summed E-state index contributed by atoms with van der Waals surface area (Å²) in [6, 6.07) is 14.2. The van der Waals surface area contributed by atoms with Gasteiger partial charge in [-0.1, -0.05) is 12.1 Å². The van der Waals surface area contributed by atoms with E-state index >= 15 is 0 Å². The predicted molar refractivity (Wildman–Crippen MR) is 84.4 cm³/mol. The minimum absolute atomic E-state index is 0.108. The highest BCUT2D eigenvalue weighted by atomic mass is 16.5. The largest absolute Gasteiger partial charge is 0.497 e. The molecule has 2 amide bonds. The van der Waals surface area contributed by atoms with E-state index in [2.05, 4.69) is 10.6 Å². The molecule has 21 heavy (non-hydrogen) atoms. The lowest BCUT2D eigenvalue weighted by molar-refractivity contribution is 0.249. The SMILES string of the molecule is COc1ccc(NC(=O)NC(C)c2ccc(N)cc2)cc1. The normalized spacial score (nSPS) is 11.5. The van der Waals surface area contributed by atoms with E-state index in [0.29, 0.717) is 11.4 Å². The van der Waals surface area contributed by atoms with Crippen LogP contribution in [0.25, 0.3) is 0 Å². The molecule has 0 aliphatic rings. The highest BCUT2D eigenvalue weighted by Gasteiger charge is 2.09. The summed E-state index contributed by atoms with van der Waals surface area (Å²) in [6.45, 7) is 1.92. The van der Waals surface area contributed by atoms with Crippen LogP contribution >= 0.6 is 0 Å². The summed E-state index contributed by atoms with van der Waals surface area (Å²) in [6.07, 6.45) is 0. The summed E-state index contributed by atoms with van der Waals surface area (Å²) in [7, 11) is 1.60. The maximum absolute atomic E-state index is 11.9. The third-order valence-corrected chi connectivity index (χ3v) is 3.13. The first-order valence-electron chi connectivity index (χ1n) is 6.65. The summed E-state index contributed by atoms with van der Waals surface area (Å²) in [5, 5.41) is 5.65. The number of ether oxygens (including phenoxy) is 1. The summed E-state index contributed by atoms with van der Waals surface area (Å²) >= 11 is 0. The number of hydrogen-bond acceptors (Lipinski definition) is 3. The zero-order valence-corrected chi connectivity index (χ0v) is 12.1. The lowest BCUT2D eigenvalue weighted by Crippen LogP contribution is -2.31. The maximum atomic E-state index is 11.9. The van der Waals surface area contributed by atoms with Crippen LogP contribution in [0.15, 0.2) is 48.5 Å². The van der Waals surface area contributed by atoms with Gasteiger partial charge in [-0.3, -0.25) is 0 Å². The van der Waals surface area contributed by atoms with E-state index in [0.717, 1.165) is 11.3 Å². The number of carbonyl (C=O) groups excluding carboxylic acids is 1. The summed E-state index contributed by atoms with van der Waals surface area (Å²) in [5.41, 5.74) is 8.05. The molecule has 0 aliphatic carbocycles. The van der Waals surface area contributed by atoms with Crippen LogP contribution in [0, 0.1) is 0 Å². The minimum Gasteiger partial charge on any atom is -0.497 e. The molecule has 0 aromatic heterocycles. The number of methoxy groups -OCH3 is 1. The topological polar surface area (TPSA) is 76.4 Å². The Morgan fingerprint density at radius 1 is 1.10 bits per heavy atom. The van der Waals surface area contributed by atoms with Crippen molar-refractivity contribution in [1.82, 2.24) is 5.32 Å². The number of amides is 2. The molecule has 0 radical (unpaired) electrons. The Kier molecular flexibility index (Phi) is 4.66. The van der Waals surface area contributed by atoms with Crippen LogP contribution in [0.4, 0.5) is 16.2 Å². The molecule has 2 rings (SSSR count). The Morgan fingerprint density at radius 3 is 2.29 bits per heavy atom. The highest BCUT2D eigenvalue weighted by molar-refractivity contribution is 5.89. The van der Waals surface area contributed by atoms with Gasteiger partial charge in [0.15, 0.2) is 0 Å². The molecule has 0 aliphatic heterocycles. The van der Waals surface area contributed by atoms with Crippen LogP contribution in [0.1, 0.15) is 18.5 Å². The fraction of sp³-hybridized carbons (Fsp3) is 0.188. The second-order valence-electron chi connectivity index (χ2n) is 4.72. The number of hydrogen-bond donors (Lipinski definition) is 3. The number of carbonyl (C=O) groups is 1. The van der Waals surface area contributed by atoms with Crippen LogP contribution < -0.4 is 21.1 Å². The Hall–Kier alpha value is -2.69. The van der Waals surface area contributed by atoms with Gasteiger partial charge >= 0.3 is 6.03 Å². The van der Waals surface area contributed by atoms with E-state index < -0.39 is 0 Å². The Bertz CT molecular complexity index is 594. The molecule has 2 aromatic rings. The molecule has 5 heteroatoms. The van der Waals surface area contributed by atoms with Crippen molar-refractivity contribution in [3.63, 3.8) is 0 Å². The molecule has 1 unspecified atom stereocenters. The quantitative estimate of drug-likeness (QED) is 0.755. The molecule has 5 nitrogen and oxygen atoms in total. The Morgan fingerprint density at radius 2 is 1.71 bits per heavy atom. The summed E-state index contributed by atoms with van der Waals surface area (Å²) in [5.74, 6) is 0.746. The van der Waals surface area contributed by atoms with E-state index in [4.69, 9.17) is 10.5 Å². The van der Waals surface area contributed by atoms with Gasteiger partial charge in [0.05, 0.1) is 13.2 Å². The smallest absolute Gasteiger partial charge is 0.319 e. The number of nitrogens with one attached hydrogen (secondary N) is 2. The van der Waals surface area contributed by atoms with E-state index in [-0.39, 0.29) is 12.1 Å². The van der Waals surface area contributed by atoms with Crippen molar-refractivity contribution in [3.05, 3.63) is 54.1 Å². The maximum Gasteiger partial charge on any atom is 0.319 e. The van der Waals surface area contributed by atoms with Crippen molar-refractivity contribution in [2.75, 3.05) is 18.2 Å².